The third-order valence-corrected chi connectivity index (χ3v) is 4.79. The fourth-order valence-corrected chi connectivity index (χ4v) is 3.20. The van der Waals surface area contributed by atoms with E-state index in [4.69, 9.17) is 21.1 Å². The van der Waals surface area contributed by atoms with E-state index < -0.39 is 0 Å². The van der Waals surface area contributed by atoms with E-state index in [1.807, 2.05) is 31.2 Å². The van der Waals surface area contributed by atoms with Gasteiger partial charge in [-0.15, -0.1) is 0 Å². The van der Waals surface area contributed by atoms with Crippen molar-refractivity contribution in [1.82, 2.24) is 9.97 Å². The molecule has 0 unspecified atom stereocenters. The minimum Gasteiger partial charge on any atom is -0.497 e. The number of nitrogens with zero attached hydrogens (tertiary/aromatic N) is 3. The standard InChI is InChI=1S/C18H22ClN3O3/c1-18(12-23)8-3-9-22(18)16-15(10-20-17(19)21-16)25-11-13-4-6-14(24-2)7-5-13/h4-7,10,23H,3,8-9,11-12H2,1-2H3/t18-/m1/s1. The molecule has 6 nitrogen and oxygen atoms in total. The topological polar surface area (TPSA) is 67.7 Å². The van der Waals surface area contributed by atoms with Crippen LogP contribution < -0.4 is 14.4 Å². The maximum Gasteiger partial charge on any atom is 0.224 e. The van der Waals surface area contributed by atoms with Gasteiger partial charge in [-0.25, -0.2) is 4.98 Å². The maximum atomic E-state index is 9.80. The fourth-order valence-electron chi connectivity index (χ4n) is 3.07. The number of ether oxygens (including phenoxy) is 2. The summed E-state index contributed by atoms with van der Waals surface area (Å²) < 4.78 is 11.1. The Morgan fingerprint density at radius 2 is 2.08 bits per heavy atom. The van der Waals surface area contributed by atoms with Gasteiger partial charge in [0.1, 0.15) is 12.4 Å². The molecule has 2 heterocycles. The highest BCUT2D eigenvalue weighted by atomic mass is 35.5. The second-order valence-corrected chi connectivity index (χ2v) is 6.71. The molecule has 2 aromatic rings. The number of aliphatic hydroxyl groups is 1. The van der Waals surface area contributed by atoms with Gasteiger partial charge in [0.25, 0.3) is 0 Å². The summed E-state index contributed by atoms with van der Waals surface area (Å²) in [6, 6.07) is 7.68. The van der Waals surface area contributed by atoms with E-state index in [-0.39, 0.29) is 17.4 Å². The first kappa shape index (κ1) is 17.8. The van der Waals surface area contributed by atoms with Gasteiger partial charge in [0.05, 0.1) is 25.5 Å². The predicted molar refractivity (Wildman–Crippen MR) is 96.4 cm³/mol. The molecule has 134 valence electrons. The predicted octanol–water partition coefficient (Wildman–Crippen LogP) is 3.07. The van der Waals surface area contributed by atoms with Gasteiger partial charge in [-0.05, 0) is 49.1 Å². The average Bonchev–Trinajstić information content (AvgIpc) is 3.03. The van der Waals surface area contributed by atoms with Crippen molar-refractivity contribution in [3.8, 4) is 11.5 Å². The highest BCUT2D eigenvalue weighted by Crippen LogP contribution is 2.38. The first-order chi connectivity index (χ1) is 12.1. The molecule has 1 aliphatic rings. The van der Waals surface area contributed by atoms with Crippen LogP contribution in [0.2, 0.25) is 5.28 Å². The molecule has 1 aromatic carbocycles. The Bertz CT molecular complexity index is 726. The monoisotopic (exact) mass is 363 g/mol. The second-order valence-electron chi connectivity index (χ2n) is 6.37. The van der Waals surface area contributed by atoms with Crippen LogP contribution in [0.4, 0.5) is 5.82 Å². The van der Waals surface area contributed by atoms with Crippen molar-refractivity contribution in [2.75, 3.05) is 25.2 Å². The maximum absolute atomic E-state index is 9.80. The average molecular weight is 364 g/mol. The van der Waals surface area contributed by atoms with E-state index >= 15 is 0 Å². The molecule has 1 aliphatic heterocycles. The van der Waals surface area contributed by atoms with Crippen LogP contribution in [0.3, 0.4) is 0 Å². The van der Waals surface area contributed by atoms with Gasteiger partial charge < -0.3 is 19.5 Å². The number of aliphatic hydroxyl groups excluding tert-OH is 1. The van der Waals surface area contributed by atoms with E-state index in [1.165, 1.54) is 0 Å². The van der Waals surface area contributed by atoms with Gasteiger partial charge in [0, 0.05) is 6.54 Å². The lowest BCUT2D eigenvalue weighted by atomic mass is 10.0. The first-order valence-corrected chi connectivity index (χ1v) is 8.60. The Labute approximate surface area is 152 Å². The van der Waals surface area contributed by atoms with Gasteiger partial charge in [-0.3, -0.25) is 0 Å². The SMILES string of the molecule is COc1ccc(COc2cnc(Cl)nc2N2CCC[C@]2(C)CO)cc1. The number of hydrogen-bond acceptors (Lipinski definition) is 6. The molecule has 25 heavy (non-hydrogen) atoms. The van der Waals surface area contributed by atoms with E-state index in [0.717, 1.165) is 30.7 Å². The van der Waals surface area contributed by atoms with E-state index in [9.17, 15) is 5.11 Å². The summed E-state index contributed by atoms with van der Waals surface area (Å²) in [6.45, 7) is 3.24. The smallest absolute Gasteiger partial charge is 0.224 e. The number of hydrogen-bond donors (Lipinski definition) is 1. The quantitative estimate of drug-likeness (QED) is 0.795. The van der Waals surface area contributed by atoms with Crippen molar-refractivity contribution in [2.45, 2.75) is 31.9 Å². The minimum atomic E-state index is -0.365. The summed E-state index contributed by atoms with van der Waals surface area (Å²) in [6.07, 6.45) is 3.46. The zero-order valence-electron chi connectivity index (χ0n) is 14.4. The molecular formula is C18H22ClN3O3. The van der Waals surface area contributed by atoms with Crippen molar-refractivity contribution in [3.63, 3.8) is 0 Å². The van der Waals surface area contributed by atoms with Crippen molar-refractivity contribution >= 4 is 17.4 Å². The number of aromatic nitrogens is 2. The summed E-state index contributed by atoms with van der Waals surface area (Å²) in [5.41, 5.74) is 0.642. The molecule has 0 radical (unpaired) electrons. The van der Waals surface area contributed by atoms with Crippen LogP contribution in [0.5, 0.6) is 11.5 Å². The Morgan fingerprint density at radius 1 is 1.32 bits per heavy atom. The van der Waals surface area contributed by atoms with Crippen LogP contribution >= 0.6 is 11.6 Å². The first-order valence-electron chi connectivity index (χ1n) is 8.22. The van der Waals surface area contributed by atoms with Gasteiger partial charge in [-0.1, -0.05) is 12.1 Å². The van der Waals surface area contributed by atoms with Gasteiger partial charge in [0.15, 0.2) is 11.6 Å². The largest absolute Gasteiger partial charge is 0.497 e. The van der Waals surface area contributed by atoms with Crippen molar-refractivity contribution in [1.29, 1.82) is 0 Å². The summed E-state index contributed by atoms with van der Waals surface area (Å²) in [4.78, 5) is 10.5. The zero-order valence-corrected chi connectivity index (χ0v) is 15.2. The normalized spacial score (nSPS) is 19.9. The lowest BCUT2D eigenvalue weighted by Crippen LogP contribution is -2.45. The Balaban J connectivity index is 1.81. The van der Waals surface area contributed by atoms with E-state index in [0.29, 0.717) is 18.2 Å². The summed E-state index contributed by atoms with van der Waals surface area (Å²) in [5.74, 6) is 1.99. The molecule has 0 bridgehead atoms. The van der Waals surface area contributed by atoms with Gasteiger partial charge in [-0.2, -0.15) is 4.98 Å². The van der Waals surface area contributed by atoms with Crippen molar-refractivity contribution in [3.05, 3.63) is 41.3 Å². The molecule has 0 saturated carbocycles. The fraction of sp³-hybridized carbons (Fsp3) is 0.444. The highest BCUT2D eigenvalue weighted by Gasteiger charge is 2.38. The van der Waals surface area contributed by atoms with Crippen LogP contribution in [0.15, 0.2) is 30.5 Å². The van der Waals surface area contributed by atoms with Crippen molar-refractivity contribution in [2.24, 2.45) is 0 Å². The number of halogens is 1. The number of benzene rings is 1. The Morgan fingerprint density at radius 3 is 2.76 bits per heavy atom. The van der Waals surface area contributed by atoms with E-state index in [1.54, 1.807) is 13.3 Å². The number of anilines is 1. The second kappa shape index (κ2) is 7.45. The molecule has 0 aliphatic carbocycles. The van der Waals surface area contributed by atoms with Crippen LogP contribution in [0, 0.1) is 0 Å². The van der Waals surface area contributed by atoms with Crippen molar-refractivity contribution < 1.29 is 14.6 Å². The molecule has 1 N–H and O–H groups in total. The molecule has 3 rings (SSSR count). The third kappa shape index (κ3) is 3.80. The van der Waals surface area contributed by atoms with Crippen LogP contribution in [0.25, 0.3) is 0 Å². The summed E-state index contributed by atoms with van der Waals surface area (Å²) >= 11 is 6.00. The van der Waals surface area contributed by atoms with E-state index in [2.05, 4.69) is 14.9 Å². The Hall–Kier alpha value is -2.05. The summed E-state index contributed by atoms with van der Waals surface area (Å²) in [5, 5.41) is 9.97. The lowest BCUT2D eigenvalue weighted by molar-refractivity contribution is 0.208. The van der Waals surface area contributed by atoms with Gasteiger partial charge in [0.2, 0.25) is 5.28 Å². The number of methoxy groups -OCH3 is 1. The molecule has 0 spiro atoms. The molecule has 7 heteroatoms. The molecule has 1 aromatic heterocycles. The zero-order chi connectivity index (χ0) is 17.9. The molecular weight excluding hydrogens is 342 g/mol. The molecule has 1 fully saturated rings. The van der Waals surface area contributed by atoms with Gasteiger partial charge >= 0.3 is 0 Å². The minimum absolute atomic E-state index is 0.0482. The molecule has 1 saturated heterocycles. The van der Waals surface area contributed by atoms with Crippen LogP contribution in [-0.4, -0.2) is 40.9 Å². The molecule has 0 amide bonds. The Kier molecular flexibility index (Phi) is 5.30. The lowest BCUT2D eigenvalue weighted by Gasteiger charge is -2.35. The van der Waals surface area contributed by atoms with Crippen LogP contribution in [0.1, 0.15) is 25.3 Å². The third-order valence-electron chi connectivity index (χ3n) is 4.61. The summed E-state index contributed by atoms with van der Waals surface area (Å²) in [7, 11) is 1.64. The highest BCUT2D eigenvalue weighted by molar-refractivity contribution is 6.28. The number of rotatable bonds is 6. The molecule has 1 atom stereocenters. The van der Waals surface area contributed by atoms with Crippen LogP contribution in [-0.2, 0) is 6.61 Å².